The van der Waals surface area contributed by atoms with Gasteiger partial charge in [-0.15, -0.1) is 0 Å². The van der Waals surface area contributed by atoms with E-state index in [4.69, 9.17) is 10.5 Å². The lowest BCUT2D eigenvalue weighted by Gasteiger charge is -2.20. The molecular weight excluding hydrogens is 214 g/mol. The number of hydrogen-bond acceptors (Lipinski definition) is 4. The summed E-state index contributed by atoms with van der Waals surface area (Å²) in [6.45, 7) is 6.93. The van der Waals surface area contributed by atoms with Crippen LogP contribution in [0.2, 0.25) is 0 Å². The Hall–Kier alpha value is -1.26. The van der Waals surface area contributed by atoms with Gasteiger partial charge in [-0.2, -0.15) is 0 Å². The molecule has 0 unspecified atom stereocenters. The minimum absolute atomic E-state index is 0.787. The van der Waals surface area contributed by atoms with Crippen molar-refractivity contribution in [3.05, 3.63) is 24.3 Å². The van der Waals surface area contributed by atoms with Crippen LogP contribution in [0.4, 0.5) is 11.4 Å². The van der Waals surface area contributed by atoms with Gasteiger partial charge in [-0.05, 0) is 30.8 Å². The zero-order valence-corrected chi connectivity index (χ0v) is 10.8. The van der Waals surface area contributed by atoms with Crippen LogP contribution in [-0.2, 0) is 4.74 Å². The summed E-state index contributed by atoms with van der Waals surface area (Å²) in [4.78, 5) is 2.35. The first kappa shape index (κ1) is 13.8. The van der Waals surface area contributed by atoms with E-state index in [1.807, 2.05) is 24.3 Å². The molecule has 0 aromatic heterocycles. The number of rotatable bonds is 8. The monoisotopic (exact) mass is 237 g/mol. The minimum atomic E-state index is 0.787. The van der Waals surface area contributed by atoms with Gasteiger partial charge in [0, 0.05) is 38.1 Å². The molecule has 0 fully saturated rings. The van der Waals surface area contributed by atoms with Gasteiger partial charge in [0.1, 0.15) is 0 Å². The van der Waals surface area contributed by atoms with Gasteiger partial charge in [0.2, 0.25) is 0 Å². The number of ether oxygens (including phenoxy) is 1. The molecule has 1 aromatic rings. The van der Waals surface area contributed by atoms with E-state index in [0.29, 0.717) is 0 Å². The van der Waals surface area contributed by atoms with E-state index in [1.165, 1.54) is 0 Å². The summed E-state index contributed by atoms with van der Waals surface area (Å²) in [6, 6.07) is 7.82. The maximum atomic E-state index is 5.63. The zero-order valence-electron chi connectivity index (χ0n) is 10.8. The lowest BCUT2D eigenvalue weighted by atomic mass is 10.3. The topological polar surface area (TPSA) is 50.5 Å². The zero-order chi connectivity index (χ0) is 12.5. The third-order valence-electron chi connectivity index (χ3n) is 2.73. The first-order valence-electron chi connectivity index (χ1n) is 6.07. The minimum Gasteiger partial charge on any atom is -0.399 e. The second-order valence-corrected chi connectivity index (χ2v) is 3.98. The van der Waals surface area contributed by atoms with Crippen LogP contribution < -0.4 is 11.1 Å². The van der Waals surface area contributed by atoms with Crippen molar-refractivity contribution in [3.8, 4) is 0 Å². The number of methoxy groups -OCH3 is 1. The van der Waals surface area contributed by atoms with E-state index in [9.17, 15) is 0 Å². The number of nitrogens with one attached hydrogen (secondary N) is 1. The van der Waals surface area contributed by atoms with Crippen molar-refractivity contribution in [2.45, 2.75) is 6.92 Å². The fourth-order valence-electron chi connectivity index (χ4n) is 1.61. The van der Waals surface area contributed by atoms with Gasteiger partial charge in [0.25, 0.3) is 0 Å². The summed E-state index contributed by atoms with van der Waals surface area (Å²) in [5.41, 5.74) is 7.54. The molecule has 96 valence electrons. The maximum absolute atomic E-state index is 5.63. The molecule has 4 nitrogen and oxygen atoms in total. The van der Waals surface area contributed by atoms with Crippen molar-refractivity contribution >= 4 is 11.4 Å². The van der Waals surface area contributed by atoms with Gasteiger partial charge in [0.15, 0.2) is 0 Å². The van der Waals surface area contributed by atoms with E-state index < -0.39 is 0 Å². The average Bonchev–Trinajstić information content (AvgIpc) is 2.36. The third kappa shape index (κ3) is 5.56. The predicted molar refractivity (Wildman–Crippen MR) is 73.3 cm³/mol. The normalized spacial score (nSPS) is 10.8. The molecular formula is C13H23N3O. The van der Waals surface area contributed by atoms with Gasteiger partial charge in [0.05, 0.1) is 6.61 Å². The van der Waals surface area contributed by atoms with Crippen molar-refractivity contribution in [2.75, 3.05) is 50.9 Å². The predicted octanol–water partition coefficient (Wildman–Crippen LogP) is 1.65. The molecule has 1 aromatic carbocycles. The van der Waals surface area contributed by atoms with Crippen LogP contribution in [0.15, 0.2) is 24.3 Å². The number of hydrogen-bond donors (Lipinski definition) is 2. The van der Waals surface area contributed by atoms with Crippen LogP contribution >= 0.6 is 0 Å². The standard InChI is InChI=1S/C13H23N3O/c1-3-16(10-11-17-2)9-8-15-13-6-4-12(14)5-7-13/h4-7,15H,3,8-11,14H2,1-2H3. The summed E-state index contributed by atoms with van der Waals surface area (Å²) < 4.78 is 5.08. The Morgan fingerprint density at radius 1 is 1.24 bits per heavy atom. The highest BCUT2D eigenvalue weighted by atomic mass is 16.5. The largest absolute Gasteiger partial charge is 0.399 e. The Labute approximate surface area is 104 Å². The molecule has 0 heterocycles. The number of nitrogens with two attached hydrogens (primary N) is 1. The first-order chi connectivity index (χ1) is 8.26. The number of anilines is 2. The Balaban J connectivity index is 2.23. The molecule has 0 radical (unpaired) electrons. The lowest BCUT2D eigenvalue weighted by molar-refractivity contribution is 0.153. The van der Waals surface area contributed by atoms with Crippen LogP contribution in [0, 0.1) is 0 Å². The highest BCUT2D eigenvalue weighted by molar-refractivity contribution is 5.51. The molecule has 0 saturated heterocycles. The van der Waals surface area contributed by atoms with Crippen molar-refractivity contribution in [1.29, 1.82) is 0 Å². The maximum Gasteiger partial charge on any atom is 0.0589 e. The van der Waals surface area contributed by atoms with Crippen LogP contribution in [0.1, 0.15) is 6.92 Å². The second-order valence-electron chi connectivity index (χ2n) is 3.98. The van der Waals surface area contributed by atoms with Gasteiger partial charge in [-0.3, -0.25) is 4.90 Å². The van der Waals surface area contributed by atoms with E-state index >= 15 is 0 Å². The van der Waals surface area contributed by atoms with E-state index in [2.05, 4.69) is 17.1 Å². The van der Waals surface area contributed by atoms with E-state index in [-0.39, 0.29) is 0 Å². The fraction of sp³-hybridized carbons (Fsp3) is 0.538. The van der Waals surface area contributed by atoms with Gasteiger partial charge >= 0.3 is 0 Å². The molecule has 1 rings (SSSR count). The second kappa shape index (κ2) is 7.92. The SMILES string of the molecule is CCN(CCNc1ccc(N)cc1)CCOC. The number of benzene rings is 1. The van der Waals surface area contributed by atoms with Crippen molar-refractivity contribution in [3.63, 3.8) is 0 Å². The molecule has 0 bridgehead atoms. The first-order valence-corrected chi connectivity index (χ1v) is 6.07. The summed E-state index contributed by atoms with van der Waals surface area (Å²) in [6.07, 6.45) is 0. The molecule has 4 heteroatoms. The van der Waals surface area contributed by atoms with Gasteiger partial charge in [-0.1, -0.05) is 6.92 Å². The molecule has 3 N–H and O–H groups in total. The molecule has 17 heavy (non-hydrogen) atoms. The Morgan fingerprint density at radius 2 is 1.94 bits per heavy atom. The molecule has 0 amide bonds. The molecule has 0 aliphatic rings. The Morgan fingerprint density at radius 3 is 2.53 bits per heavy atom. The quantitative estimate of drug-likeness (QED) is 0.675. The fourth-order valence-corrected chi connectivity index (χ4v) is 1.61. The highest BCUT2D eigenvalue weighted by Crippen LogP contribution is 2.09. The van der Waals surface area contributed by atoms with E-state index in [1.54, 1.807) is 7.11 Å². The number of likely N-dealkylation sites (N-methyl/N-ethyl adjacent to an activating group) is 1. The highest BCUT2D eigenvalue weighted by Gasteiger charge is 2.00. The number of nitrogens with zero attached hydrogens (tertiary/aromatic N) is 1. The van der Waals surface area contributed by atoms with Crippen molar-refractivity contribution in [2.24, 2.45) is 0 Å². The average molecular weight is 237 g/mol. The van der Waals surface area contributed by atoms with Gasteiger partial charge < -0.3 is 15.8 Å². The van der Waals surface area contributed by atoms with Crippen LogP contribution in [0.25, 0.3) is 0 Å². The Kier molecular flexibility index (Phi) is 6.43. The summed E-state index contributed by atoms with van der Waals surface area (Å²) in [7, 11) is 1.74. The smallest absolute Gasteiger partial charge is 0.0589 e. The van der Waals surface area contributed by atoms with Crippen LogP contribution in [0.3, 0.4) is 0 Å². The molecule has 0 atom stereocenters. The van der Waals surface area contributed by atoms with Crippen LogP contribution in [0.5, 0.6) is 0 Å². The van der Waals surface area contributed by atoms with Gasteiger partial charge in [-0.25, -0.2) is 0 Å². The summed E-state index contributed by atoms with van der Waals surface area (Å²) >= 11 is 0. The van der Waals surface area contributed by atoms with E-state index in [0.717, 1.165) is 44.2 Å². The number of nitrogen functional groups attached to an aromatic ring is 1. The van der Waals surface area contributed by atoms with Crippen molar-refractivity contribution < 1.29 is 4.74 Å². The summed E-state index contributed by atoms with van der Waals surface area (Å²) in [5.74, 6) is 0. The van der Waals surface area contributed by atoms with Crippen LogP contribution in [-0.4, -0.2) is 44.8 Å². The Bertz CT molecular complexity index is 300. The molecule has 0 spiro atoms. The van der Waals surface area contributed by atoms with Crippen molar-refractivity contribution in [1.82, 2.24) is 4.90 Å². The summed E-state index contributed by atoms with van der Waals surface area (Å²) in [5, 5.41) is 3.38. The molecule has 0 aliphatic carbocycles. The third-order valence-corrected chi connectivity index (χ3v) is 2.73. The molecule has 0 aliphatic heterocycles. The molecule has 0 saturated carbocycles. The lowest BCUT2D eigenvalue weighted by Crippen LogP contribution is -2.31.